The third kappa shape index (κ3) is 3.55. The number of amides is 1. The molecule has 4 N–H and O–H groups in total. The summed E-state index contributed by atoms with van der Waals surface area (Å²) in [6, 6.07) is 1.32. The lowest BCUT2D eigenvalue weighted by molar-refractivity contribution is -0.120. The molecule has 21 heavy (non-hydrogen) atoms. The second-order valence-corrected chi connectivity index (χ2v) is 5.22. The summed E-state index contributed by atoms with van der Waals surface area (Å²) >= 11 is 0. The molecule has 114 valence electrons. The fraction of sp³-hybridized carbons (Fsp3) is 0.429. The van der Waals surface area contributed by atoms with Crippen LogP contribution in [0.5, 0.6) is 0 Å². The van der Waals surface area contributed by atoms with Crippen LogP contribution in [0.25, 0.3) is 0 Å². The highest BCUT2D eigenvalue weighted by Gasteiger charge is 2.26. The molecule has 0 aromatic heterocycles. The molecule has 0 atom stereocenters. The summed E-state index contributed by atoms with van der Waals surface area (Å²) in [5, 5.41) is 11.4. The monoisotopic (exact) mass is 298 g/mol. The first-order valence-corrected chi connectivity index (χ1v) is 6.67. The minimum Gasteiger partial charge on any atom is -0.478 e. The highest BCUT2D eigenvalue weighted by atomic mass is 19.2. The fourth-order valence-electron chi connectivity index (χ4n) is 2.44. The molecule has 0 spiro atoms. The topological polar surface area (TPSA) is 92.4 Å². The zero-order valence-corrected chi connectivity index (χ0v) is 11.2. The number of anilines is 1. The van der Waals surface area contributed by atoms with Crippen molar-refractivity contribution >= 4 is 17.6 Å². The van der Waals surface area contributed by atoms with E-state index in [2.05, 4.69) is 5.32 Å². The van der Waals surface area contributed by atoms with E-state index in [0.717, 1.165) is 0 Å². The van der Waals surface area contributed by atoms with Gasteiger partial charge in [-0.05, 0) is 31.7 Å². The lowest BCUT2D eigenvalue weighted by atomic mass is 9.86. The summed E-state index contributed by atoms with van der Waals surface area (Å²) < 4.78 is 26.3. The van der Waals surface area contributed by atoms with Gasteiger partial charge in [-0.1, -0.05) is 0 Å². The van der Waals surface area contributed by atoms with Gasteiger partial charge in [-0.2, -0.15) is 0 Å². The number of hydrogen-bond acceptors (Lipinski definition) is 3. The van der Waals surface area contributed by atoms with Gasteiger partial charge < -0.3 is 16.2 Å². The van der Waals surface area contributed by atoms with E-state index in [4.69, 9.17) is 10.8 Å². The SMILES string of the molecule is NC1CCC(C(=O)Nc2cc(F)c(F)cc2C(=O)O)CC1. The van der Waals surface area contributed by atoms with Gasteiger partial charge in [0.25, 0.3) is 0 Å². The summed E-state index contributed by atoms with van der Waals surface area (Å²) in [6.45, 7) is 0. The molecule has 7 heteroatoms. The number of benzene rings is 1. The number of nitrogens with one attached hydrogen (secondary N) is 1. The maximum absolute atomic E-state index is 13.2. The van der Waals surface area contributed by atoms with Gasteiger partial charge in [0, 0.05) is 18.0 Å². The number of halogens is 2. The average Bonchev–Trinajstić information content (AvgIpc) is 2.43. The highest BCUT2D eigenvalue weighted by molar-refractivity contribution is 6.01. The number of hydrogen-bond donors (Lipinski definition) is 3. The van der Waals surface area contributed by atoms with Crippen LogP contribution in [0.2, 0.25) is 0 Å². The largest absolute Gasteiger partial charge is 0.478 e. The van der Waals surface area contributed by atoms with Gasteiger partial charge in [0.05, 0.1) is 11.3 Å². The first kappa shape index (κ1) is 15.4. The Bertz CT molecular complexity index is 570. The van der Waals surface area contributed by atoms with Crippen molar-refractivity contribution in [1.29, 1.82) is 0 Å². The number of carbonyl (C=O) groups is 2. The van der Waals surface area contributed by atoms with E-state index in [0.29, 0.717) is 37.8 Å². The van der Waals surface area contributed by atoms with Crippen LogP contribution in [0, 0.1) is 17.6 Å². The van der Waals surface area contributed by atoms with Crippen molar-refractivity contribution in [2.75, 3.05) is 5.32 Å². The molecule has 1 aromatic rings. The first-order valence-electron chi connectivity index (χ1n) is 6.67. The highest BCUT2D eigenvalue weighted by Crippen LogP contribution is 2.26. The number of aromatic carboxylic acids is 1. The molecule has 0 heterocycles. The van der Waals surface area contributed by atoms with Gasteiger partial charge in [0.1, 0.15) is 0 Å². The molecule has 0 saturated heterocycles. The van der Waals surface area contributed by atoms with Gasteiger partial charge in [-0.25, -0.2) is 13.6 Å². The van der Waals surface area contributed by atoms with Crippen LogP contribution in [0.3, 0.4) is 0 Å². The molecule has 2 rings (SSSR count). The molecule has 1 aromatic carbocycles. The Morgan fingerprint density at radius 3 is 2.29 bits per heavy atom. The maximum atomic E-state index is 13.2. The van der Waals surface area contributed by atoms with E-state index < -0.39 is 29.1 Å². The molecule has 1 saturated carbocycles. The standard InChI is InChI=1S/C14H16F2N2O3/c15-10-5-9(14(20)21)12(6-11(10)16)18-13(19)7-1-3-8(17)4-2-7/h5-8H,1-4,17H2,(H,18,19)(H,20,21). The van der Waals surface area contributed by atoms with Crippen molar-refractivity contribution in [3.63, 3.8) is 0 Å². The van der Waals surface area contributed by atoms with Crippen molar-refractivity contribution in [3.8, 4) is 0 Å². The van der Waals surface area contributed by atoms with Crippen molar-refractivity contribution < 1.29 is 23.5 Å². The molecule has 1 amide bonds. The van der Waals surface area contributed by atoms with Gasteiger partial charge in [0.15, 0.2) is 11.6 Å². The van der Waals surface area contributed by atoms with E-state index in [9.17, 15) is 18.4 Å². The molecule has 0 unspecified atom stereocenters. The number of nitrogens with two attached hydrogens (primary N) is 1. The fourth-order valence-corrected chi connectivity index (χ4v) is 2.44. The van der Waals surface area contributed by atoms with E-state index in [1.807, 2.05) is 0 Å². The number of carbonyl (C=O) groups excluding carboxylic acids is 1. The van der Waals surface area contributed by atoms with Gasteiger partial charge in [-0.3, -0.25) is 4.79 Å². The van der Waals surface area contributed by atoms with Crippen LogP contribution in [0.4, 0.5) is 14.5 Å². The Morgan fingerprint density at radius 2 is 1.71 bits per heavy atom. The molecule has 1 aliphatic rings. The van der Waals surface area contributed by atoms with Crippen molar-refractivity contribution in [2.45, 2.75) is 31.7 Å². The van der Waals surface area contributed by atoms with Crippen LogP contribution in [0.1, 0.15) is 36.0 Å². The number of carboxylic acid groups (broad SMARTS) is 1. The van der Waals surface area contributed by atoms with Crippen LogP contribution in [-0.4, -0.2) is 23.0 Å². The zero-order valence-electron chi connectivity index (χ0n) is 11.2. The Kier molecular flexibility index (Phi) is 4.52. The molecular formula is C14H16F2N2O3. The van der Waals surface area contributed by atoms with Gasteiger partial charge in [-0.15, -0.1) is 0 Å². The smallest absolute Gasteiger partial charge is 0.337 e. The molecule has 1 fully saturated rings. The Hall–Kier alpha value is -2.02. The van der Waals surface area contributed by atoms with Gasteiger partial charge >= 0.3 is 5.97 Å². The molecule has 1 aliphatic carbocycles. The van der Waals surface area contributed by atoms with E-state index in [-0.39, 0.29) is 17.6 Å². The predicted molar refractivity (Wildman–Crippen MR) is 71.9 cm³/mol. The lowest BCUT2D eigenvalue weighted by Crippen LogP contribution is -2.32. The van der Waals surface area contributed by atoms with E-state index >= 15 is 0 Å². The molecule has 0 aliphatic heterocycles. The quantitative estimate of drug-likeness (QED) is 0.797. The summed E-state index contributed by atoms with van der Waals surface area (Å²) in [5.74, 6) is -4.60. The Balaban J connectivity index is 2.17. The third-order valence-electron chi connectivity index (χ3n) is 3.69. The average molecular weight is 298 g/mol. The van der Waals surface area contributed by atoms with Crippen LogP contribution >= 0.6 is 0 Å². The van der Waals surface area contributed by atoms with Crippen molar-refractivity contribution in [3.05, 3.63) is 29.3 Å². The predicted octanol–water partition coefficient (Wildman–Crippen LogP) is 2.12. The van der Waals surface area contributed by atoms with Crippen LogP contribution in [0.15, 0.2) is 12.1 Å². The molecule has 0 radical (unpaired) electrons. The van der Waals surface area contributed by atoms with E-state index in [1.54, 1.807) is 0 Å². The lowest BCUT2D eigenvalue weighted by Gasteiger charge is -2.25. The van der Waals surface area contributed by atoms with Crippen molar-refractivity contribution in [1.82, 2.24) is 0 Å². The van der Waals surface area contributed by atoms with Crippen LogP contribution in [-0.2, 0) is 4.79 Å². The summed E-state index contributed by atoms with van der Waals surface area (Å²) in [6.07, 6.45) is 2.61. The maximum Gasteiger partial charge on any atom is 0.337 e. The third-order valence-corrected chi connectivity index (χ3v) is 3.69. The summed E-state index contributed by atoms with van der Waals surface area (Å²) in [4.78, 5) is 23.1. The number of rotatable bonds is 3. The summed E-state index contributed by atoms with van der Waals surface area (Å²) in [7, 11) is 0. The van der Waals surface area contributed by atoms with Gasteiger partial charge in [0.2, 0.25) is 5.91 Å². The minimum atomic E-state index is -1.44. The number of carboxylic acids is 1. The Morgan fingerprint density at radius 1 is 1.14 bits per heavy atom. The molecular weight excluding hydrogens is 282 g/mol. The second kappa shape index (κ2) is 6.17. The molecule has 5 nitrogen and oxygen atoms in total. The second-order valence-electron chi connectivity index (χ2n) is 5.22. The molecule has 0 bridgehead atoms. The Labute approximate surface area is 120 Å². The zero-order chi connectivity index (χ0) is 15.6. The minimum absolute atomic E-state index is 0.0758. The normalized spacial score (nSPS) is 21.9. The van der Waals surface area contributed by atoms with Crippen LogP contribution < -0.4 is 11.1 Å². The summed E-state index contributed by atoms with van der Waals surface area (Å²) in [5.41, 5.74) is 5.04. The first-order chi connectivity index (χ1) is 9.88. The van der Waals surface area contributed by atoms with E-state index in [1.165, 1.54) is 0 Å². The van der Waals surface area contributed by atoms with Crippen molar-refractivity contribution in [2.24, 2.45) is 11.7 Å².